The van der Waals surface area contributed by atoms with Gasteiger partial charge in [0.15, 0.2) is 0 Å². The second-order valence-electron chi connectivity index (χ2n) is 3.42. The highest BCUT2D eigenvalue weighted by atomic mass is 14.6. The van der Waals surface area contributed by atoms with Gasteiger partial charge in [-0.1, -0.05) is 71.9 Å². The van der Waals surface area contributed by atoms with Crippen LogP contribution < -0.4 is 11.5 Å². The van der Waals surface area contributed by atoms with Gasteiger partial charge < -0.3 is 11.5 Å². The fraction of sp³-hybridized carbons (Fsp3) is 0.647. The van der Waals surface area contributed by atoms with Crippen molar-refractivity contribution in [2.24, 2.45) is 17.4 Å². The van der Waals surface area contributed by atoms with Crippen LogP contribution in [-0.2, 0) is 0 Å². The topological polar surface area (TPSA) is 52.0 Å². The second-order valence-corrected chi connectivity index (χ2v) is 3.42. The fourth-order valence-electron chi connectivity index (χ4n) is 1.39. The highest BCUT2D eigenvalue weighted by molar-refractivity contribution is 5.16. The van der Waals surface area contributed by atoms with Crippen LogP contribution in [0, 0.1) is 5.92 Å². The Labute approximate surface area is 122 Å². The van der Waals surface area contributed by atoms with Crippen LogP contribution in [0.5, 0.6) is 0 Å². The van der Waals surface area contributed by atoms with Gasteiger partial charge in [-0.05, 0) is 26.8 Å². The van der Waals surface area contributed by atoms with Crippen LogP contribution in [-0.4, -0.2) is 7.05 Å². The molecule has 0 spiro atoms. The lowest BCUT2D eigenvalue weighted by Crippen LogP contribution is -2.11. The first-order valence-electron chi connectivity index (χ1n) is 7.44. The maximum absolute atomic E-state index is 5.71. The standard InChI is InChI=1S/C12H21N.2C2H6.CH5N/c1-5-7-10(3)9-12(8-6-2)11(4)13;3*1-2/h5,7,12H,3-4,6,8-9,13H2,1-2H3;2*1-2H3;2H2,1H3/b7-5-;;;. The van der Waals surface area contributed by atoms with Gasteiger partial charge >= 0.3 is 0 Å². The SMILES string of the molecule is C=C(/C=C\C)CC(CCC)C(=C)N.CC.CC.CN. The molecule has 0 radical (unpaired) electrons. The highest BCUT2D eigenvalue weighted by Crippen LogP contribution is 2.20. The minimum Gasteiger partial charge on any atom is -0.402 e. The smallest absolute Gasteiger partial charge is 0.00423 e. The van der Waals surface area contributed by atoms with Crippen molar-refractivity contribution >= 4 is 0 Å². The summed E-state index contributed by atoms with van der Waals surface area (Å²) >= 11 is 0. The summed E-state index contributed by atoms with van der Waals surface area (Å²) in [5.74, 6) is 0.397. The Morgan fingerprint density at radius 2 is 1.53 bits per heavy atom. The normalized spacial score (nSPS) is 9.89. The van der Waals surface area contributed by atoms with Gasteiger partial charge in [0, 0.05) is 11.6 Å². The molecule has 2 heteroatoms. The molecule has 116 valence electrons. The summed E-state index contributed by atoms with van der Waals surface area (Å²) in [4.78, 5) is 0. The van der Waals surface area contributed by atoms with Crippen molar-refractivity contribution < 1.29 is 0 Å². The van der Waals surface area contributed by atoms with Crippen LogP contribution in [0.4, 0.5) is 0 Å². The predicted octanol–water partition coefficient (Wildman–Crippen LogP) is 5.02. The van der Waals surface area contributed by atoms with Crippen LogP contribution >= 0.6 is 0 Å². The first-order chi connectivity index (χ1) is 9.11. The lowest BCUT2D eigenvalue weighted by molar-refractivity contribution is 0.547. The Morgan fingerprint density at radius 3 is 1.79 bits per heavy atom. The average molecular weight is 271 g/mol. The fourth-order valence-corrected chi connectivity index (χ4v) is 1.39. The third kappa shape index (κ3) is 22.6. The van der Waals surface area contributed by atoms with Crippen LogP contribution in [0.1, 0.15) is 60.8 Å². The van der Waals surface area contributed by atoms with Gasteiger partial charge in [-0.2, -0.15) is 0 Å². The molecule has 19 heavy (non-hydrogen) atoms. The molecule has 0 aromatic rings. The molecule has 1 unspecified atom stereocenters. The summed E-state index contributed by atoms with van der Waals surface area (Å²) in [5.41, 5.74) is 12.1. The molecular weight excluding hydrogens is 232 g/mol. The van der Waals surface area contributed by atoms with Crippen LogP contribution in [0.15, 0.2) is 36.6 Å². The van der Waals surface area contributed by atoms with E-state index in [1.54, 1.807) is 0 Å². The quantitative estimate of drug-likeness (QED) is 0.665. The van der Waals surface area contributed by atoms with Crippen molar-refractivity contribution in [3.63, 3.8) is 0 Å². The maximum atomic E-state index is 5.71. The third-order valence-corrected chi connectivity index (χ3v) is 2.07. The van der Waals surface area contributed by atoms with E-state index in [0.29, 0.717) is 5.92 Å². The van der Waals surface area contributed by atoms with Gasteiger partial charge in [0.05, 0.1) is 0 Å². The Hall–Kier alpha value is -1.02. The minimum absolute atomic E-state index is 0.397. The van der Waals surface area contributed by atoms with E-state index >= 15 is 0 Å². The lowest BCUT2D eigenvalue weighted by Gasteiger charge is -2.15. The zero-order valence-corrected chi connectivity index (χ0v) is 14.4. The molecule has 4 N–H and O–H groups in total. The van der Waals surface area contributed by atoms with Crippen LogP contribution in [0.2, 0.25) is 0 Å². The van der Waals surface area contributed by atoms with E-state index in [-0.39, 0.29) is 0 Å². The molecule has 1 atom stereocenters. The zero-order valence-electron chi connectivity index (χ0n) is 14.4. The Bertz CT molecular complexity index is 205. The molecule has 0 saturated carbocycles. The van der Waals surface area contributed by atoms with Gasteiger partial charge in [-0.3, -0.25) is 0 Å². The molecule has 0 heterocycles. The largest absolute Gasteiger partial charge is 0.402 e. The van der Waals surface area contributed by atoms with Gasteiger partial charge in [-0.25, -0.2) is 0 Å². The van der Waals surface area contributed by atoms with Crippen molar-refractivity contribution in [2.75, 3.05) is 7.05 Å². The Morgan fingerprint density at radius 1 is 1.11 bits per heavy atom. The van der Waals surface area contributed by atoms with Gasteiger partial charge in [-0.15, -0.1) is 0 Å². The number of nitrogens with two attached hydrogens (primary N) is 2. The van der Waals surface area contributed by atoms with E-state index in [0.717, 1.165) is 30.5 Å². The molecule has 0 bridgehead atoms. The maximum Gasteiger partial charge on any atom is 0.00423 e. The summed E-state index contributed by atoms with van der Waals surface area (Å²) in [7, 11) is 1.50. The number of allylic oxidation sites excluding steroid dienone is 4. The highest BCUT2D eigenvalue weighted by Gasteiger charge is 2.09. The number of rotatable bonds is 6. The van der Waals surface area contributed by atoms with E-state index in [9.17, 15) is 0 Å². The molecule has 0 fully saturated rings. The predicted molar refractivity (Wildman–Crippen MR) is 93.1 cm³/mol. The van der Waals surface area contributed by atoms with Gasteiger partial charge in [0.2, 0.25) is 0 Å². The van der Waals surface area contributed by atoms with Crippen molar-refractivity contribution in [3.05, 3.63) is 36.6 Å². The molecule has 0 rings (SSSR count). The molecular formula is C17H38N2. The van der Waals surface area contributed by atoms with Crippen LogP contribution in [0.3, 0.4) is 0 Å². The van der Waals surface area contributed by atoms with Crippen LogP contribution in [0.25, 0.3) is 0 Å². The molecule has 0 aromatic carbocycles. The Balaban J connectivity index is -0.000000163. The number of hydrogen-bond donors (Lipinski definition) is 2. The molecule has 0 aliphatic carbocycles. The van der Waals surface area contributed by atoms with Gasteiger partial charge in [0.25, 0.3) is 0 Å². The van der Waals surface area contributed by atoms with E-state index in [1.165, 1.54) is 7.05 Å². The van der Waals surface area contributed by atoms with Crippen molar-refractivity contribution in [1.82, 2.24) is 0 Å². The number of hydrogen-bond acceptors (Lipinski definition) is 2. The van der Waals surface area contributed by atoms with E-state index < -0.39 is 0 Å². The summed E-state index contributed by atoms with van der Waals surface area (Å²) in [6.45, 7) is 19.9. The van der Waals surface area contributed by atoms with Gasteiger partial charge in [0.1, 0.15) is 0 Å². The minimum atomic E-state index is 0.397. The monoisotopic (exact) mass is 270 g/mol. The summed E-state index contributed by atoms with van der Waals surface area (Å²) < 4.78 is 0. The first-order valence-corrected chi connectivity index (χ1v) is 7.44. The van der Waals surface area contributed by atoms with E-state index in [2.05, 4.69) is 25.8 Å². The summed E-state index contributed by atoms with van der Waals surface area (Å²) in [6, 6.07) is 0. The molecule has 0 aliphatic heterocycles. The molecule has 2 nitrogen and oxygen atoms in total. The second kappa shape index (κ2) is 25.7. The molecule has 0 saturated heterocycles. The average Bonchev–Trinajstić information content (AvgIpc) is 2.45. The Kier molecular flexibility index (Phi) is 35.9. The lowest BCUT2D eigenvalue weighted by atomic mass is 9.93. The molecule has 0 aliphatic rings. The summed E-state index contributed by atoms with van der Waals surface area (Å²) in [6.07, 6.45) is 7.22. The zero-order chi connectivity index (χ0) is 16.3. The van der Waals surface area contributed by atoms with Crippen molar-refractivity contribution in [3.8, 4) is 0 Å². The van der Waals surface area contributed by atoms with E-state index in [4.69, 9.17) is 5.73 Å². The molecule has 0 amide bonds. The van der Waals surface area contributed by atoms with Crippen molar-refractivity contribution in [1.29, 1.82) is 0 Å². The first kappa shape index (κ1) is 26.5. The summed E-state index contributed by atoms with van der Waals surface area (Å²) in [5, 5.41) is 0. The molecule has 0 aromatic heterocycles. The van der Waals surface area contributed by atoms with E-state index in [1.807, 2.05) is 46.8 Å². The third-order valence-electron chi connectivity index (χ3n) is 2.07. The van der Waals surface area contributed by atoms with Crippen molar-refractivity contribution in [2.45, 2.75) is 60.8 Å².